The van der Waals surface area contributed by atoms with Crippen LogP contribution < -0.4 is 0 Å². The summed E-state index contributed by atoms with van der Waals surface area (Å²) in [4.78, 5) is 10.1. The molecule has 2 fully saturated rings. The second kappa shape index (κ2) is 14.1. The Morgan fingerprint density at radius 2 is 1.00 bits per heavy atom. The highest BCUT2D eigenvalue weighted by molar-refractivity contribution is 6.11. The first kappa shape index (κ1) is 34.6. The molecule has 2 aliphatic carbocycles. The number of nitrogens with zero attached hydrogens (tertiary/aromatic N) is 3. The number of rotatable bonds is 6. The number of oxazole rings is 2. The molecule has 5 nitrogen and oxygen atoms in total. The van der Waals surface area contributed by atoms with Crippen molar-refractivity contribution in [2.75, 3.05) is 0 Å². The highest BCUT2D eigenvalue weighted by atomic mass is 16.4. The number of hydrogen-bond donors (Lipinski definition) is 0. The van der Waals surface area contributed by atoms with Gasteiger partial charge in [-0.1, -0.05) is 99.2 Å². The van der Waals surface area contributed by atoms with Gasteiger partial charge < -0.3 is 13.4 Å². The molecule has 0 aliphatic heterocycles. The van der Waals surface area contributed by atoms with Crippen LogP contribution >= 0.6 is 0 Å². The number of hydrogen-bond acceptors (Lipinski definition) is 4. The first-order chi connectivity index (χ1) is 29.2. The Balaban J connectivity index is 0.969. The van der Waals surface area contributed by atoms with Gasteiger partial charge in [-0.2, -0.15) is 0 Å². The third-order valence-corrected chi connectivity index (χ3v) is 13.4. The predicted octanol–water partition coefficient (Wildman–Crippen LogP) is 15.3. The zero-order valence-corrected chi connectivity index (χ0v) is 33.2. The van der Waals surface area contributed by atoms with Crippen molar-refractivity contribution in [3.63, 3.8) is 0 Å². The van der Waals surface area contributed by atoms with Gasteiger partial charge >= 0.3 is 0 Å². The Morgan fingerprint density at radius 3 is 1.69 bits per heavy atom. The van der Waals surface area contributed by atoms with Crippen LogP contribution in [0.2, 0.25) is 0 Å². The van der Waals surface area contributed by atoms with Crippen molar-refractivity contribution >= 4 is 54.8 Å². The van der Waals surface area contributed by atoms with E-state index in [1.807, 2.05) is 0 Å². The predicted molar refractivity (Wildman–Crippen MR) is 241 cm³/mol. The highest BCUT2D eigenvalue weighted by Crippen LogP contribution is 2.40. The summed E-state index contributed by atoms with van der Waals surface area (Å²) in [7, 11) is 0. The quantitative estimate of drug-likeness (QED) is 0.169. The number of aromatic nitrogens is 3. The first-order valence-corrected chi connectivity index (χ1v) is 21.7. The van der Waals surface area contributed by atoms with Gasteiger partial charge in [-0.05, 0) is 149 Å². The smallest absolute Gasteiger partial charge is 0.227 e. The van der Waals surface area contributed by atoms with Crippen LogP contribution in [0.4, 0.5) is 0 Å². The summed E-state index contributed by atoms with van der Waals surface area (Å²) in [5, 5.41) is 4.74. The molecule has 0 radical (unpaired) electrons. The number of benzene rings is 7. The Morgan fingerprint density at radius 1 is 0.424 bits per heavy atom. The van der Waals surface area contributed by atoms with E-state index in [1.54, 1.807) is 0 Å². The molecular weight excluding hydrogens is 723 g/mol. The third-order valence-electron chi connectivity index (χ3n) is 13.4. The Kier molecular flexibility index (Phi) is 8.28. The fourth-order valence-corrected chi connectivity index (χ4v) is 10.3. The van der Waals surface area contributed by atoms with Gasteiger partial charge in [0, 0.05) is 27.6 Å². The van der Waals surface area contributed by atoms with E-state index in [4.69, 9.17) is 18.8 Å². The van der Waals surface area contributed by atoms with E-state index < -0.39 is 0 Å². The van der Waals surface area contributed by atoms with E-state index in [0.29, 0.717) is 23.6 Å². The van der Waals surface area contributed by atoms with Crippen molar-refractivity contribution in [1.82, 2.24) is 14.5 Å². The van der Waals surface area contributed by atoms with Gasteiger partial charge in [0.15, 0.2) is 11.2 Å². The lowest BCUT2D eigenvalue weighted by Crippen LogP contribution is -2.04. The largest absolute Gasteiger partial charge is 0.436 e. The lowest BCUT2D eigenvalue weighted by molar-refractivity contribution is 0.443. The van der Waals surface area contributed by atoms with Crippen LogP contribution in [-0.4, -0.2) is 14.5 Å². The van der Waals surface area contributed by atoms with Gasteiger partial charge in [-0.3, -0.25) is 0 Å². The Hall–Kier alpha value is -6.46. The standard InChI is InChI=1S/C54H45N3O2/c1-3-9-34(10-4-1)40-22-28-51-48(32-40)56-54(58-51)43-21-27-50-46(31-43)45-30-42(53-55-47-25-19-41(33-52(47)59-53)35-11-5-2-6-12-35)20-26-49(45)57(50)44-23-17-37(18-24-44)39-16-15-36-13-7-8-14-38(36)29-39/h7-8,13-35H,1-6,9-12H2. The summed E-state index contributed by atoms with van der Waals surface area (Å²) in [6.07, 6.45) is 13.0. The molecule has 10 aromatic rings. The van der Waals surface area contributed by atoms with Crippen LogP contribution in [-0.2, 0) is 0 Å². The maximum atomic E-state index is 6.56. The summed E-state index contributed by atoms with van der Waals surface area (Å²) >= 11 is 0. The molecule has 0 amide bonds. The normalized spacial score (nSPS) is 15.7. The minimum absolute atomic E-state index is 0.611. The minimum atomic E-state index is 0.611. The first-order valence-electron chi connectivity index (χ1n) is 21.7. The molecule has 288 valence electrons. The average Bonchev–Trinajstić information content (AvgIpc) is 4.03. The number of fused-ring (bicyclic) bond motifs is 6. The van der Waals surface area contributed by atoms with Crippen molar-refractivity contribution in [2.45, 2.75) is 76.0 Å². The molecule has 0 spiro atoms. The summed E-state index contributed by atoms with van der Waals surface area (Å²) in [5.74, 6) is 2.52. The van der Waals surface area contributed by atoms with Crippen molar-refractivity contribution in [3.05, 3.63) is 151 Å². The molecule has 12 rings (SSSR count). The Bertz CT molecular complexity index is 3040. The van der Waals surface area contributed by atoms with Crippen molar-refractivity contribution in [2.24, 2.45) is 0 Å². The van der Waals surface area contributed by atoms with Crippen molar-refractivity contribution < 1.29 is 8.83 Å². The van der Waals surface area contributed by atoms with Crippen LogP contribution in [0.1, 0.15) is 87.2 Å². The SMILES string of the molecule is c1ccc2cc(-c3ccc(-n4c5ccc(-c6nc7cc(C8CCCCC8)ccc7o6)cc5c5cc(-c6nc7ccc(C8CCCCC8)cc7o6)ccc54)cc3)ccc2c1. The molecule has 0 unspecified atom stereocenters. The van der Waals surface area contributed by atoms with Crippen LogP contribution in [0, 0.1) is 0 Å². The third kappa shape index (κ3) is 6.14. The zero-order chi connectivity index (χ0) is 38.9. The van der Waals surface area contributed by atoms with E-state index in [-0.39, 0.29) is 0 Å². The summed E-state index contributed by atoms with van der Waals surface area (Å²) < 4.78 is 15.4. The molecule has 2 saturated carbocycles. The molecule has 5 heteroatoms. The van der Waals surface area contributed by atoms with E-state index >= 15 is 0 Å². The van der Waals surface area contributed by atoms with E-state index in [1.165, 1.54) is 97.2 Å². The van der Waals surface area contributed by atoms with Gasteiger partial charge in [-0.15, -0.1) is 0 Å². The molecule has 0 N–H and O–H groups in total. The van der Waals surface area contributed by atoms with Gasteiger partial charge in [0.2, 0.25) is 11.8 Å². The van der Waals surface area contributed by atoms with Gasteiger partial charge in [0.1, 0.15) is 11.0 Å². The molecule has 0 bridgehead atoms. The van der Waals surface area contributed by atoms with E-state index in [0.717, 1.165) is 60.8 Å². The summed E-state index contributed by atoms with van der Waals surface area (Å²) in [6, 6.07) is 50.7. The van der Waals surface area contributed by atoms with E-state index in [9.17, 15) is 0 Å². The minimum Gasteiger partial charge on any atom is -0.436 e. The molecule has 0 saturated heterocycles. The van der Waals surface area contributed by atoms with Crippen LogP contribution in [0.15, 0.2) is 148 Å². The fraction of sp³-hybridized carbons (Fsp3) is 0.222. The molecule has 7 aromatic carbocycles. The monoisotopic (exact) mass is 767 g/mol. The van der Waals surface area contributed by atoms with Crippen LogP contribution in [0.3, 0.4) is 0 Å². The summed E-state index contributed by atoms with van der Waals surface area (Å²) in [5.41, 5.74) is 13.9. The molecule has 59 heavy (non-hydrogen) atoms. The van der Waals surface area contributed by atoms with Gasteiger partial charge in [0.05, 0.1) is 11.0 Å². The molecule has 3 heterocycles. The average molecular weight is 768 g/mol. The second-order valence-corrected chi connectivity index (χ2v) is 17.1. The zero-order valence-electron chi connectivity index (χ0n) is 33.2. The molecule has 2 aliphatic rings. The van der Waals surface area contributed by atoms with Gasteiger partial charge in [-0.25, -0.2) is 9.97 Å². The van der Waals surface area contributed by atoms with Gasteiger partial charge in [0.25, 0.3) is 0 Å². The highest BCUT2D eigenvalue weighted by Gasteiger charge is 2.21. The maximum absolute atomic E-state index is 6.56. The van der Waals surface area contributed by atoms with Crippen molar-refractivity contribution in [3.8, 4) is 39.7 Å². The molecule has 0 atom stereocenters. The van der Waals surface area contributed by atoms with E-state index in [2.05, 4.69) is 144 Å². The molecule has 3 aromatic heterocycles. The lowest BCUT2D eigenvalue weighted by atomic mass is 9.84. The Labute approximate surface area is 343 Å². The summed E-state index contributed by atoms with van der Waals surface area (Å²) in [6.45, 7) is 0. The maximum Gasteiger partial charge on any atom is 0.227 e. The topological polar surface area (TPSA) is 57.0 Å². The second-order valence-electron chi connectivity index (χ2n) is 17.1. The van der Waals surface area contributed by atoms with Crippen LogP contribution in [0.25, 0.3) is 94.5 Å². The van der Waals surface area contributed by atoms with Crippen LogP contribution in [0.5, 0.6) is 0 Å². The molecular formula is C54H45N3O2. The van der Waals surface area contributed by atoms with Crippen molar-refractivity contribution in [1.29, 1.82) is 0 Å². The lowest BCUT2D eigenvalue weighted by Gasteiger charge is -2.21. The fourth-order valence-electron chi connectivity index (χ4n) is 10.3.